The summed E-state index contributed by atoms with van der Waals surface area (Å²) >= 11 is 0. The van der Waals surface area contributed by atoms with Gasteiger partial charge in [-0.2, -0.15) is 0 Å². The number of amides is 1. The van der Waals surface area contributed by atoms with Gasteiger partial charge >= 0.3 is 18.0 Å². The molecule has 2 bridgehead atoms. The van der Waals surface area contributed by atoms with Crippen molar-refractivity contribution in [3.63, 3.8) is 0 Å². The standard InChI is InChI=1S/C46H59NO13/c1-25-32(58-40(53)37(51)36(28-18-14-11-15-19-28)47-41(54)60-42(3,4)5)22-46(55)30(20-31(50)27-16-12-10-13-17-27)38-44(8,39(52)29(23-48)35(25)43(46,6)7)33(56-9)21-34-45(38,24-57-34)59-26(2)49/h10-19,29-30,32-34,36-38,48,51,55H,20-24H2,1-9H3,(H,47,54)/t29-,30+,32+,33+,34-,36+,37-,38+,44-,45+,46-/m1/s1. The van der Waals surface area contributed by atoms with Crippen LogP contribution in [-0.2, 0) is 38.1 Å². The molecule has 0 spiro atoms. The highest BCUT2D eigenvalue weighted by molar-refractivity contribution is 5.97. The Morgan fingerprint density at radius 1 is 1.00 bits per heavy atom. The number of rotatable bonds is 11. The second kappa shape index (κ2) is 16.4. The highest BCUT2D eigenvalue weighted by Gasteiger charge is 2.77. The molecular weight excluding hydrogens is 774 g/mol. The van der Waals surface area contributed by atoms with Crippen molar-refractivity contribution in [2.45, 2.75) is 122 Å². The molecule has 326 valence electrons. The van der Waals surface area contributed by atoms with Crippen molar-refractivity contribution < 1.29 is 63.0 Å². The SMILES string of the molecule is CO[C@H]1C[C@H]2OC[C@@]2(OC(C)=O)[C@H]2[C@H](CC(=O)c3ccccc3)[C@]3(O)C[C@H](OC(=O)[C@H](O)[C@@H](NC(=O)OC(C)(C)C)c4ccccc4)C(C)=C([C@@H](CO)C(=O)[C@]12C)C3(C)C. The number of hydrogen-bond acceptors (Lipinski definition) is 13. The van der Waals surface area contributed by atoms with Crippen LogP contribution in [0, 0.1) is 28.6 Å². The minimum atomic E-state index is -2.03. The van der Waals surface area contributed by atoms with Gasteiger partial charge in [0.2, 0.25) is 0 Å². The van der Waals surface area contributed by atoms with E-state index in [-0.39, 0.29) is 31.7 Å². The number of hydrogen-bond donors (Lipinski definition) is 4. The van der Waals surface area contributed by atoms with Gasteiger partial charge in [-0.15, -0.1) is 0 Å². The van der Waals surface area contributed by atoms with Crippen LogP contribution in [0.4, 0.5) is 4.79 Å². The number of ketones is 2. The first-order chi connectivity index (χ1) is 28.1. The fourth-order valence-corrected chi connectivity index (χ4v) is 10.9. The van der Waals surface area contributed by atoms with E-state index in [0.29, 0.717) is 22.3 Å². The van der Waals surface area contributed by atoms with Gasteiger partial charge in [0.15, 0.2) is 23.3 Å². The van der Waals surface area contributed by atoms with E-state index in [4.69, 9.17) is 23.7 Å². The van der Waals surface area contributed by atoms with Crippen molar-refractivity contribution in [2.75, 3.05) is 20.3 Å². The first kappa shape index (κ1) is 45.1. The Balaban J connectivity index is 1.52. The fraction of sp³-hybridized carbons (Fsp3) is 0.587. The molecular formula is C46H59NO13. The molecule has 1 amide bonds. The Bertz CT molecular complexity index is 2010. The van der Waals surface area contributed by atoms with E-state index in [2.05, 4.69) is 5.32 Å². The Hall–Kier alpha value is -4.47. The number of Topliss-reactive ketones (excluding diaryl/α,β-unsaturated/α-hetero) is 2. The molecule has 1 heterocycles. The van der Waals surface area contributed by atoms with E-state index in [1.165, 1.54) is 14.0 Å². The normalized spacial score (nSPS) is 33.0. The number of benzene rings is 2. The second-order valence-electron chi connectivity index (χ2n) is 18.5. The molecule has 2 aromatic rings. The Morgan fingerprint density at radius 2 is 1.62 bits per heavy atom. The van der Waals surface area contributed by atoms with Gasteiger partial charge in [-0.1, -0.05) is 74.5 Å². The Morgan fingerprint density at radius 3 is 2.15 bits per heavy atom. The molecule has 4 aliphatic rings. The lowest BCUT2D eigenvalue weighted by molar-refractivity contribution is -0.341. The van der Waals surface area contributed by atoms with Crippen LogP contribution in [-0.4, -0.2) is 106 Å². The third-order valence-electron chi connectivity index (χ3n) is 13.6. The molecule has 0 aromatic heterocycles. The summed E-state index contributed by atoms with van der Waals surface area (Å²) < 4.78 is 29.9. The lowest BCUT2D eigenvalue weighted by Crippen LogP contribution is -2.80. The first-order valence-corrected chi connectivity index (χ1v) is 20.5. The highest BCUT2D eigenvalue weighted by atomic mass is 16.6. The van der Waals surface area contributed by atoms with E-state index in [1.54, 1.807) is 109 Å². The zero-order valence-corrected chi connectivity index (χ0v) is 35.9. The van der Waals surface area contributed by atoms with Gasteiger partial charge in [0.05, 0.1) is 42.3 Å². The van der Waals surface area contributed by atoms with Crippen LogP contribution in [0.25, 0.3) is 0 Å². The molecule has 6 rings (SSSR count). The average molecular weight is 834 g/mol. The summed E-state index contributed by atoms with van der Waals surface area (Å²) in [5.74, 6) is -6.20. The average Bonchev–Trinajstić information content (AvgIpc) is 3.18. The number of fused-ring (bicyclic) bond motifs is 5. The highest BCUT2D eigenvalue weighted by Crippen LogP contribution is 2.67. The minimum Gasteiger partial charge on any atom is -0.456 e. The second-order valence-corrected chi connectivity index (χ2v) is 18.5. The lowest BCUT2D eigenvalue weighted by atomic mass is 9.41. The number of aliphatic hydroxyl groups excluding tert-OH is 2. The molecule has 0 unspecified atom stereocenters. The summed E-state index contributed by atoms with van der Waals surface area (Å²) in [6.45, 7) is 12.3. The van der Waals surface area contributed by atoms with Crippen LogP contribution in [0.15, 0.2) is 71.8 Å². The predicted molar refractivity (Wildman–Crippen MR) is 216 cm³/mol. The van der Waals surface area contributed by atoms with E-state index in [9.17, 15) is 34.5 Å². The van der Waals surface area contributed by atoms with E-state index in [0.717, 1.165) is 0 Å². The summed E-state index contributed by atoms with van der Waals surface area (Å²) in [4.78, 5) is 70.4. The third-order valence-corrected chi connectivity index (χ3v) is 13.6. The number of nitrogens with one attached hydrogen (secondary N) is 1. The van der Waals surface area contributed by atoms with Crippen LogP contribution in [0.1, 0.15) is 96.6 Å². The van der Waals surface area contributed by atoms with Gasteiger partial charge in [0, 0.05) is 56.1 Å². The summed E-state index contributed by atoms with van der Waals surface area (Å²) in [5.41, 5.74) is -5.96. The molecule has 11 atom stereocenters. The molecule has 14 nitrogen and oxygen atoms in total. The van der Waals surface area contributed by atoms with E-state index < -0.39 is 106 Å². The van der Waals surface area contributed by atoms with Gasteiger partial charge in [-0.05, 0) is 51.3 Å². The van der Waals surface area contributed by atoms with Crippen LogP contribution in [0.2, 0.25) is 0 Å². The molecule has 4 N–H and O–H groups in total. The number of methoxy groups -OCH3 is 1. The van der Waals surface area contributed by atoms with Crippen molar-refractivity contribution in [3.05, 3.63) is 82.9 Å². The monoisotopic (exact) mass is 833 g/mol. The number of alkyl carbamates (subject to hydrolysis) is 1. The van der Waals surface area contributed by atoms with Gasteiger partial charge in [-0.3, -0.25) is 14.4 Å². The maximum Gasteiger partial charge on any atom is 0.408 e. The van der Waals surface area contributed by atoms with Crippen LogP contribution in [0.3, 0.4) is 0 Å². The topological polar surface area (TPSA) is 204 Å². The maximum absolute atomic E-state index is 15.6. The van der Waals surface area contributed by atoms with Gasteiger partial charge in [-0.25, -0.2) is 9.59 Å². The third kappa shape index (κ3) is 7.59. The molecule has 3 aliphatic carbocycles. The zero-order chi connectivity index (χ0) is 44.2. The van der Waals surface area contributed by atoms with Crippen molar-refractivity contribution in [1.29, 1.82) is 0 Å². The van der Waals surface area contributed by atoms with Crippen molar-refractivity contribution >= 4 is 29.6 Å². The molecule has 3 fully saturated rings. The summed E-state index contributed by atoms with van der Waals surface area (Å²) in [6, 6.07) is 15.5. The van der Waals surface area contributed by atoms with Crippen molar-refractivity contribution in [3.8, 4) is 0 Å². The number of aliphatic hydroxyl groups is 3. The molecule has 0 radical (unpaired) electrons. The van der Waals surface area contributed by atoms with Crippen LogP contribution in [0.5, 0.6) is 0 Å². The van der Waals surface area contributed by atoms with E-state index >= 15 is 4.79 Å². The van der Waals surface area contributed by atoms with Crippen molar-refractivity contribution in [1.82, 2.24) is 5.32 Å². The van der Waals surface area contributed by atoms with E-state index in [1.807, 2.05) is 0 Å². The quantitative estimate of drug-likeness (QED) is 0.104. The van der Waals surface area contributed by atoms with Crippen LogP contribution < -0.4 is 5.32 Å². The fourth-order valence-electron chi connectivity index (χ4n) is 10.9. The van der Waals surface area contributed by atoms with Gasteiger partial charge in [0.1, 0.15) is 17.8 Å². The Labute approximate surface area is 350 Å². The lowest BCUT2D eigenvalue weighted by Gasteiger charge is -2.69. The smallest absolute Gasteiger partial charge is 0.408 e. The van der Waals surface area contributed by atoms with Gasteiger partial charge in [0.25, 0.3) is 0 Å². The molecule has 1 saturated heterocycles. The van der Waals surface area contributed by atoms with Crippen LogP contribution >= 0.6 is 0 Å². The number of carbonyl (C=O) groups is 5. The molecule has 2 saturated carbocycles. The largest absolute Gasteiger partial charge is 0.456 e. The Kier molecular flexibility index (Phi) is 12.3. The maximum atomic E-state index is 15.6. The minimum absolute atomic E-state index is 0.130. The van der Waals surface area contributed by atoms with Crippen molar-refractivity contribution in [2.24, 2.45) is 28.6 Å². The summed E-state index contributed by atoms with van der Waals surface area (Å²) in [5, 5.41) is 39.4. The van der Waals surface area contributed by atoms with Gasteiger partial charge < -0.3 is 44.3 Å². The molecule has 60 heavy (non-hydrogen) atoms. The molecule has 2 aromatic carbocycles. The first-order valence-electron chi connectivity index (χ1n) is 20.5. The number of carbonyl (C=O) groups excluding carboxylic acids is 5. The molecule has 1 aliphatic heterocycles. The number of ether oxygens (including phenoxy) is 5. The zero-order valence-electron chi connectivity index (χ0n) is 35.9. The predicted octanol–water partition coefficient (Wildman–Crippen LogP) is 4.82. The summed E-state index contributed by atoms with van der Waals surface area (Å²) in [7, 11) is 1.46. The number of esters is 2. The summed E-state index contributed by atoms with van der Waals surface area (Å²) in [6.07, 6.45) is -6.31. The molecule has 14 heteroatoms.